The normalized spacial score (nSPS) is 12.3. The standard InChI is InChI=1S/C12H8IN/c13-12(8-14)11-6-5-9-3-1-2-4-10(9)7-11/h1-7,12H. The van der Waals surface area contributed by atoms with Crippen LogP contribution in [0.4, 0.5) is 0 Å². The summed E-state index contributed by atoms with van der Waals surface area (Å²) in [6.07, 6.45) is 0. The number of benzene rings is 2. The summed E-state index contributed by atoms with van der Waals surface area (Å²) in [6.45, 7) is 0. The zero-order chi connectivity index (χ0) is 9.97. The van der Waals surface area contributed by atoms with E-state index >= 15 is 0 Å². The monoisotopic (exact) mass is 293 g/mol. The van der Waals surface area contributed by atoms with Crippen molar-refractivity contribution >= 4 is 33.4 Å². The molecule has 0 aliphatic heterocycles. The van der Waals surface area contributed by atoms with Crippen molar-refractivity contribution in [3.05, 3.63) is 48.0 Å². The predicted molar refractivity (Wildman–Crippen MR) is 66.3 cm³/mol. The number of hydrogen-bond donors (Lipinski definition) is 0. The summed E-state index contributed by atoms with van der Waals surface area (Å²) in [4.78, 5) is 0. The smallest absolute Gasteiger partial charge is 0.123 e. The van der Waals surface area contributed by atoms with Gasteiger partial charge in [-0.05, 0) is 22.4 Å². The van der Waals surface area contributed by atoms with Crippen LogP contribution in [0.2, 0.25) is 0 Å². The Bertz CT molecular complexity index is 499. The topological polar surface area (TPSA) is 23.8 Å². The van der Waals surface area contributed by atoms with E-state index in [0.29, 0.717) is 0 Å². The second kappa shape index (κ2) is 3.97. The SMILES string of the molecule is N#CC(I)c1ccc2ccccc2c1. The zero-order valence-corrected chi connectivity index (χ0v) is 9.60. The molecule has 0 bridgehead atoms. The summed E-state index contributed by atoms with van der Waals surface area (Å²) in [5.74, 6) is 0. The fraction of sp³-hybridized carbons (Fsp3) is 0.0833. The Morgan fingerprint density at radius 2 is 1.79 bits per heavy atom. The lowest BCUT2D eigenvalue weighted by Crippen LogP contribution is -1.84. The van der Waals surface area contributed by atoms with Crippen LogP contribution in [0.25, 0.3) is 10.8 Å². The molecule has 2 heteroatoms. The first-order chi connectivity index (χ1) is 6.81. The van der Waals surface area contributed by atoms with Crippen LogP contribution in [0.3, 0.4) is 0 Å². The maximum atomic E-state index is 8.80. The van der Waals surface area contributed by atoms with Gasteiger partial charge in [-0.25, -0.2) is 0 Å². The summed E-state index contributed by atoms with van der Waals surface area (Å²) in [6, 6.07) is 16.6. The molecule has 1 nitrogen and oxygen atoms in total. The fourth-order valence-corrected chi connectivity index (χ4v) is 1.83. The molecule has 1 atom stereocenters. The summed E-state index contributed by atoms with van der Waals surface area (Å²) in [5.41, 5.74) is 1.08. The molecule has 0 saturated heterocycles. The molecule has 0 aliphatic carbocycles. The van der Waals surface area contributed by atoms with E-state index in [4.69, 9.17) is 5.26 Å². The maximum Gasteiger partial charge on any atom is 0.123 e. The summed E-state index contributed by atoms with van der Waals surface area (Å²) in [5, 5.41) is 11.2. The van der Waals surface area contributed by atoms with Crippen molar-refractivity contribution in [1.82, 2.24) is 0 Å². The van der Waals surface area contributed by atoms with Crippen LogP contribution in [0, 0.1) is 11.3 Å². The average Bonchev–Trinajstić information content (AvgIpc) is 2.27. The molecule has 0 spiro atoms. The Morgan fingerprint density at radius 1 is 1.07 bits per heavy atom. The molecule has 0 N–H and O–H groups in total. The van der Waals surface area contributed by atoms with Crippen molar-refractivity contribution < 1.29 is 0 Å². The molecule has 68 valence electrons. The van der Waals surface area contributed by atoms with Crippen LogP contribution in [0.5, 0.6) is 0 Å². The van der Waals surface area contributed by atoms with Gasteiger partial charge in [-0.3, -0.25) is 0 Å². The number of nitriles is 1. The van der Waals surface area contributed by atoms with E-state index in [1.807, 2.05) is 18.2 Å². The van der Waals surface area contributed by atoms with Crippen LogP contribution in [0.15, 0.2) is 42.5 Å². The van der Waals surface area contributed by atoms with E-state index in [1.165, 1.54) is 10.8 Å². The molecule has 0 heterocycles. The highest BCUT2D eigenvalue weighted by atomic mass is 127. The maximum absolute atomic E-state index is 8.80. The first-order valence-electron chi connectivity index (χ1n) is 4.33. The van der Waals surface area contributed by atoms with Gasteiger partial charge in [0.2, 0.25) is 0 Å². The van der Waals surface area contributed by atoms with Gasteiger partial charge < -0.3 is 0 Å². The van der Waals surface area contributed by atoms with Crippen LogP contribution >= 0.6 is 22.6 Å². The Balaban J connectivity index is 2.58. The minimum absolute atomic E-state index is 0.0581. The number of alkyl halides is 1. The van der Waals surface area contributed by atoms with Gasteiger partial charge in [0, 0.05) is 0 Å². The number of hydrogen-bond acceptors (Lipinski definition) is 1. The first kappa shape index (κ1) is 9.47. The third-order valence-corrected chi connectivity index (χ3v) is 3.18. The lowest BCUT2D eigenvalue weighted by atomic mass is 10.1. The molecule has 1 unspecified atom stereocenters. The van der Waals surface area contributed by atoms with Gasteiger partial charge in [0.1, 0.15) is 3.92 Å². The van der Waals surface area contributed by atoms with Crippen molar-refractivity contribution in [2.24, 2.45) is 0 Å². The Kier molecular flexibility index (Phi) is 2.69. The van der Waals surface area contributed by atoms with Gasteiger partial charge in [-0.15, -0.1) is 0 Å². The Labute approximate surface area is 96.5 Å². The zero-order valence-electron chi connectivity index (χ0n) is 7.44. The minimum atomic E-state index is -0.0581. The minimum Gasteiger partial charge on any atom is -0.197 e. The summed E-state index contributed by atoms with van der Waals surface area (Å²) >= 11 is 2.14. The van der Waals surface area contributed by atoms with Crippen molar-refractivity contribution in [2.75, 3.05) is 0 Å². The fourth-order valence-electron chi connectivity index (χ4n) is 1.44. The van der Waals surface area contributed by atoms with Gasteiger partial charge >= 0.3 is 0 Å². The van der Waals surface area contributed by atoms with Crippen LogP contribution in [-0.2, 0) is 0 Å². The van der Waals surface area contributed by atoms with E-state index in [-0.39, 0.29) is 3.92 Å². The van der Waals surface area contributed by atoms with Crippen molar-refractivity contribution in [3.8, 4) is 6.07 Å². The number of halogens is 1. The van der Waals surface area contributed by atoms with Crippen LogP contribution < -0.4 is 0 Å². The highest BCUT2D eigenvalue weighted by molar-refractivity contribution is 14.1. The third-order valence-electron chi connectivity index (χ3n) is 2.18. The van der Waals surface area contributed by atoms with Crippen LogP contribution in [-0.4, -0.2) is 0 Å². The second-order valence-electron chi connectivity index (χ2n) is 3.10. The van der Waals surface area contributed by atoms with Gasteiger partial charge in [0.25, 0.3) is 0 Å². The molecule has 2 aromatic rings. The molecule has 2 rings (SSSR count). The van der Waals surface area contributed by atoms with E-state index in [2.05, 4.69) is 52.9 Å². The van der Waals surface area contributed by atoms with Gasteiger partial charge in [0.15, 0.2) is 0 Å². The molecule has 0 aromatic heterocycles. The van der Waals surface area contributed by atoms with Crippen molar-refractivity contribution in [1.29, 1.82) is 5.26 Å². The second-order valence-corrected chi connectivity index (χ2v) is 4.34. The molecule has 0 aliphatic rings. The number of rotatable bonds is 1. The molecule has 2 aromatic carbocycles. The largest absolute Gasteiger partial charge is 0.197 e. The summed E-state index contributed by atoms with van der Waals surface area (Å²) in [7, 11) is 0. The Morgan fingerprint density at radius 3 is 2.50 bits per heavy atom. The lowest BCUT2D eigenvalue weighted by molar-refractivity contribution is 1.28. The molecular weight excluding hydrogens is 285 g/mol. The highest BCUT2D eigenvalue weighted by Gasteiger charge is 2.05. The summed E-state index contributed by atoms with van der Waals surface area (Å²) < 4.78 is -0.0581. The van der Waals surface area contributed by atoms with E-state index in [1.54, 1.807) is 0 Å². The number of nitrogens with zero attached hydrogens (tertiary/aromatic N) is 1. The average molecular weight is 293 g/mol. The van der Waals surface area contributed by atoms with E-state index < -0.39 is 0 Å². The molecule has 0 amide bonds. The van der Waals surface area contributed by atoms with Crippen molar-refractivity contribution in [3.63, 3.8) is 0 Å². The van der Waals surface area contributed by atoms with Crippen LogP contribution in [0.1, 0.15) is 9.49 Å². The first-order valence-corrected chi connectivity index (χ1v) is 5.58. The van der Waals surface area contributed by atoms with Crippen molar-refractivity contribution in [2.45, 2.75) is 3.92 Å². The quantitative estimate of drug-likeness (QED) is 0.579. The highest BCUT2D eigenvalue weighted by Crippen LogP contribution is 2.25. The number of fused-ring (bicyclic) bond motifs is 1. The molecule has 0 fully saturated rings. The van der Waals surface area contributed by atoms with E-state index in [0.717, 1.165) is 5.56 Å². The van der Waals surface area contributed by atoms with Gasteiger partial charge in [-0.1, -0.05) is 59.0 Å². The molecule has 0 saturated carbocycles. The lowest BCUT2D eigenvalue weighted by Gasteiger charge is -2.03. The van der Waals surface area contributed by atoms with Gasteiger partial charge in [0.05, 0.1) is 6.07 Å². The van der Waals surface area contributed by atoms with E-state index in [9.17, 15) is 0 Å². The molecular formula is C12H8IN. The predicted octanol–water partition coefficient (Wildman–Crippen LogP) is 3.84. The third kappa shape index (κ3) is 1.73. The molecule has 0 radical (unpaired) electrons. The Hall–Kier alpha value is -1.08. The van der Waals surface area contributed by atoms with Gasteiger partial charge in [-0.2, -0.15) is 5.26 Å². The molecule has 14 heavy (non-hydrogen) atoms.